The summed E-state index contributed by atoms with van der Waals surface area (Å²) in [6.07, 6.45) is 5.15. The van der Waals surface area contributed by atoms with E-state index in [4.69, 9.17) is 10.5 Å². The number of piperidine rings is 1. The summed E-state index contributed by atoms with van der Waals surface area (Å²) in [5.41, 5.74) is 9.35. The van der Waals surface area contributed by atoms with Gasteiger partial charge in [-0.25, -0.2) is 4.98 Å². The lowest BCUT2D eigenvalue weighted by molar-refractivity contribution is 0.0595. The van der Waals surface area contributed by atoms with Crippen LogP contribution in [0.1, 0.15) is 28.9 Å². The summed E-state index contributed by atoms with van der Waals surface area (Å²) in [6, 6.07) is 15.2. The number of hydrogen-bond acceptors (Lipinski definition) is 5. The van der Waals surface area contributed by atoms with Crippen LogP contribution in [0.2, 0.25) is 0 Å². The number of anilines is 1. The van der Waals surface area contributed by atoms with E-state index in [1.54, 1.807) is 12.4 Å². The summed E-state index contributed by atoms with van der Waals surface area (Å²) in [5, 5.41) is 0. The molecule has 29 heavy (non-hydrogen) atoms. The first-order chi connectivity index (χ1) is 14.1. The van der Waals surface area contributed by atoms with Gasteiger partial charge in [0.1, 0.15) is 17.7 Å². The topological polar surface area (TPSA) is 81.3 Å². The van der Waals surface area contributed by atoms with Gasteiger partial charge in [-0.05, 0) is 48.9 Å². The molecule has 0 unspecified atom stereocenters. The summed E-state index contributed by atoms with van der Waals surface area (Å²) in [5.74, 6) is 1.28. The van der Waals surface area contributed by atoms with Crippen molar-refractivity contribution < 1.29 is 9.53 Å². The number of pyridine rings is 2. The summed E-state index contributed by atoms with van der Waals surface area (Å²) in [7, 11) is 0. The van der Waals surface area contributed by atoms with Gasteiger partial charge in [0.25, 0.3) is 5.91 Å². The second-order valence-corrected chi connectivity index (χ2v) is 7.26. The molecule has 2 N–H and O–H groups in total. The molecular weight excluding hydrogens is 364 g/mol. The highest BCUT2D eigenvalue weighted by Crippen LogP contribution is 2.26. The number of nitrogens with two attached hydrogens (primary N) is 1. The highest BCUT2D eigenvalue weighted by atomic mass is 16.5. The van der Waals surface area contributed by atoms with Gasteiger partial charge < -0.3 is 15.4 Å². The van der Waals surface area contributed by atoms with E-state index in [1.165, 1.54) is 0 Å². The largest absolute Gasteiger partial charge is 0.489 e. The fourth-order valence-electron chi connectivity index (χ4n) is 3.61. The predicted octanol–water partition coefficient (Wildman–Crippen LogP) is 3.72. The van der Waals surface area contributed by atoms with Crippen molar-refractivity contribution in [2.45, 2.75) is 25.9 Å². The number of amides is 1. The minimum absolute atomic E-state index is 0.0327. The van der Waals surface area contributed by atoms with Crippen LogP contribution >= 0.6 is 0 Å². The van der Waals surface area contributed by atoms with Crippen molar-refractivity contribution in [3.63, 3.8) is 0 Å². The normalized spacial score (nSPS) is 14.6. The van der Waals surface area contributed by atoms with Crippen LogP contribution in [0, 0.1) is 6.92 Å². The third-order valence-electron chi connectivity index (χ3n) is 5.15. The van der Waals surface area contributed by atoms with Gasteiger partial charge in [0.15, 0.2) is 0 Å². The first-order valence-corrected chi connectivity index (χ1v) is 9.79. The van der Waals surface area contributed by atoms with Crippen LogP contribution in [-0.2, 0) is 0 Å². The molecule has 148 valence electrons. The fourth-order valence-corrected chi connectivity index (χ4v) is 3.61. The molecule has 6 nitrogen and oxygen atoms in total. The van der Waals surface area contributed by atoms with E-state index in [1.807, 2.05) is 60.4 Å². The van der Waals surface area contributed by atoms with Crippen molar-refractivity contribution in [1.82, 2.24) is 14.9 Å². The van der Waals surface area contributed by atoms with E-state index in [0.29, 0.717) is 24.5 Å². The number of aromatic nitrogens is 2. The Hall–Kier alpha value is -3.41. The molecule has 3 heterocycles. The number of ether oxygens (including phenoxy) is 1. The highest BCUT2D eigenvalue weighted by molar-refractivity contribution is 5.96. The molecule has 1 aliphatic heterocycles. The number of rotatable bonds is 4. The number of benzene rings is 1. The third-order valence-corrected chi connectivity index (χ3v) is 5.15. The average molecular weight is 388 g/mol. The predicted molar refractivity (Wildman–Crippen MR) is 113 cm³/mol. The van der Waals surface area contributed by atoms with Gasteiger partial charge in [0, 0.05) is 48.9 Å². The molecule has 1 aromatic carbocycles. The van der Waals surface area contributed by atoms with E-state index >= 15 is 0 Å². The van der Waals surface area contributed by atoms with E-state index < -0.39 is 0 Å². The molecule has 0 saturated carbocycles. The molecule has 1 fully saturated rings. The van der Waals surface area contributed by atoms with Crippen LogP contribution in [0.5, 0.6) is 5.75 Å². The van der Waals surface area contributed by atoms with E-state index in [2.05, 4.69) is 9.97 Å². The van der Waals surface area contributed by atoms with Crippen molar-refractivity contribution in [3.05, 3.63) is 72.2 Å². The Morgan fingerprint density at radius 3 is 2.69 bits per heavy atom. The number of nitrogens with zero attached hydrogens (tertiary/aromatic N) is 3. The molecule has 0 bridgehead atoms. The molecule has 0 spiro atoms. The second-order valence-electron chi connectivity index (χ2n) is 7.26. The molecule has 1 saturated heterocycles. The SMILES string of the molecule is Cc1ccc(-c2cccc(C(=O)N3CCC(Oc4cccnc4)CC3)c2)c(N)n1. The summed E-state index contributed by atoms with van der Waals surface area (Å²) >= 11 is 0. The zero-order valence-electron chi connectivity index (χ0n) is 16.4. The summed E-state index contributed by atoms with van der Waals surface area (Å²) in [4.78, 5) is 23.3. The lowest BCUT2D eigenvalue weighted by atomic mass is 10.0. The van der Waals surface area contributed by atoms with Crippen molar-refractivity contribution in [2.75, 3.05) is 18.8 Å². The number of nitrogen functional groups attached to an aromatic ring is 1. The zero-order chi connectivity index (χ0) is 20.2. The van der Waals surface area contributed by atoms with E-state index in [0.717, 1.165) is 35.4 Å². The molecule has 2 aromatic heterocycles. The Morgan fingerprint density at radius 2 is 1.97 bits per heavy atom. The van der Waals surface area contributed by atoms with Gasteiger partial charge in [-0.2, -0.15) is 0 Å². The van der Waals surface area contributed by atoms with Gasteiger partial charge in [-0.1, -0.05) is 12.1 Å². The minimum atomic E-state index is 0.0327. The third kappa shape index (κ3) is 4.37. The summed E-state index contributed by atoms with van der Waals surface area (Å²) < 4.78 is 5.97. The monoisotopic (exact) mass is 388 g/mol. The van der Waals surface area contributed by atoms with E-state index in [-0.39, 0.29) is 12.0 Å². The molecule has 4 rings (SSSR count). The Bertz CT molecular complexity index is 999. The number of likely N-dealkylation sites (tertiary alicyclic amines) is 1. The summed E-state index contributed by atoms with van der Waals surface area (Å²) in [6.45, 7) is 3.24. The first kappa shape index (κ1) is 18.9. The Morgan fingerprint density at radius 1 is 1.14 bits per heavy atom. The molecule has 1 amide bonds. The number of hydrogen-bond donors (Lipinski definition) is 1. The Balaban J connectivity index is 1.43. The van der Waals surface area contributed by atoms with Crippen molar-refractivity contribution in [2.24, 2.45) is 0 Å². The number of carbonyl (C=O) groups is 1. The Labute approximate surface area is 170 Å². The van der Waals surface area contributed by atoms with Crippen LogP contribution in [0.4, 0.5) is 5.82 Å². The number of aryl methyl sites for hydroxylation is 1. The van der Waals surface area contributed by atoms with Crippen molar-refractivity contribution in [1.29, 1.82) is 0 Å². The lowest BCUT2D eigenvalue weighted by Gasteiger charge is -2.32. The van der Waals surface area contributed by atoms with Crippen molar-refractivity contribution in [3.8, 4) is 16.9 Å². The van der Waals surface area contributed by atoms with Gasteiger partial charge in [-0.15, -0.1) is 0 Å². The molecular formula is C23H24N4O2. The molecule has 0 radical (unpaired) electrons. The van der Waals surface area contributed by atoms with Gasteiger partial charge in [-0.3, -0.25) is 9.78 Å². The number of carbonyl (C=O) groups excluding carboxylic acids is 1. The zero-order valence-corrected chi connectivity index (χ0v) is 16.4. The fraction of sp³-hybridized carbons (Fsp3) is 0.261. The second kappa shape index (κ2) is 8.31. The van der Waals surface area contributed by atoms with Crippen molar-refractivity contribution >= 4 is 11.7 Å². The highest BCUT2D eigenvalue weighted by Gasteiger charge is 2.25. The molecule has 6 heteroatoms. The van der Waals surface area contributed by atoms with Gasteiger partial charge >= 0.3 is 0 Å². The van der Waals surface area contributed by atoms with Gasteiger partial charge in [0.2, 0.25) is 0 Å². The van der Waals surface area contributed by atoms with Crippen LogP contribution in [0.3, 0.4) is 0 Å². The first-order valence-electron chi connectivity index (χ1n) is 9.79. The van der Waals surface area contributed by atoms with Crippen LogP contribution < -0.4 is 10.5 Å². The molecule has 1 aliphatic rings. The van der Waals surface area contributed by atoms with Crippen LogP contribution in [0.15, 0.2) is 60.9 Å². The lowest BCUT2D eigenvalue weighted by Crippen LogP contribution is -2.41. The smallest absolute Gasteiger partial charge is 0.253 e. The molecule has 0 atom stereocenters. The van der Waals surface area contributed by atoms with Gasteiger partial charge in [0.05, 0.1) is 6.20 Å². The quantitative estimate of drug-likeness (QED) is 0.737. The maximum absolute atomic E-state index is 13.0. The van der Waals surface area contributed by atoms with E-state index in [9.17, 15) is 4.79 Å². The maximum atomic E-state index is 13.0. The molecule has 3 aromatic rings. The maximum Gasteiger partial charge on any atom is 0.253 e. The molecule has 0 aliphatic carbocycles. The standard InChI is InChI=1S/C23H24N4O2/c1-16-7-8-21(22(24)26-16)17-4-2-5-18(14-17)23(28)27-12-9-19(10-13-27)29-20-6-3-11-25-15-20/h2-8,11,14-15,19H,9-10,12-13H2,1H3,(H2,24,26). The average Bonchev–Trinajstić information content (AvgIpc) is 2.75. The van der Waals surface area contributed by atoms with Crippen LogP contribution in [-0.4, -0.2) is 40.0 Å². The van der Waals surface area contributed by atoms with Crippen LogP contribution in [0.25, 0.3) is 11.1 Å². The Kier molecular flexibility index (Phi) is 5.42. The minimum Gasteiger partial charge on any atom is -0.489 e.